The molecule has 1 aromatic rings. The second-order valence-electron chi connectivity index (χ2n) is 6.17. The van der Waals surface area contributed by atoms with Crippen molar-refractivity contribution in [2.24, 2.45) is 0 Å². The summed E-state index contributed by atoms with van der Waals surface area (Å²) in [5.41, 5.74) is -0.330. The molecule has 0 fully saturated rings. The number of esters is 1. The van der Waals surface area contributed by atoms with E-state index in [1.54, 1.807) is 20.8 Å². The quantitative estimate of drug-likeness (QED) is 0.806. The Morgan fingerprint density at radius 1 is 1.12 bits per heavy atom. The van der Waals surface area contributed by atoms with Crippen LogP contribution in [0.4, 0.5) is 9.18 Å². The molecule has 7 heteroatoms. The number of hydrogen-bond donors (Lipinski definition) is 1. The van der Waals surface area contributed by atoms with E-state index in [1.165, 1.54) is 31.4 Å². The van der Waals surface area contributed by atoms with Crippen molar-refractivity contribution in [1.29, 1.82) is 0 Å². The van der Waals surface area contributed by atoms with Gasteiger partial charge in [-0.2, -0.15) is 0 Å². The van der Waals surface area contributed by atoms with Crippen molar-refractivity contribution in [2.75, 3.05) is 7.11 Å². The minimum Gasteiger partial charge on any atom is -0.469 e. The van der Waals surface area contributed by atoms with E-state index in [0.29, 0.717) is 5.56 Å². The van der Waals surface area contributed by atoms with Gasteiger partial charge in [0.15, 0.2) is 5.78 Å². The first-order chi connectivity index (χ1) is 11.1. The Morgan fingerprint density at radius 2 is 1.71 bits per heavy atom. The fourth-order valence-corrected chi connectivity index (χ4v) is 1.90. The molecule has 0 aromatic heterocycles. The number of amides is 1. The lowest BCUT2D eigenvalue weighted by molar-refractivity contribution is -0.142. The van der Waals surface area contributed by atoms with Gasteiger partial charge in [0.25, 0.3) is 0 Å². The number of Topliss-reactive ketones (excluding diaryl/α,β-unsaturated/α-hetero) is 1. The molecule has 0 heterocycles. The molecule has 1 amide bonds. The number of hydrogen-bond acceptors (Lipinski definition) is 5. The summed E-state index contributed by atoms with van der Waals surface area (Å²) in [6.07, 6.45) is -1.00. The second kappa shape index (κ2) is 8.42. The van der Waals surface area contributed by atoms with Crippen molar-refractivity contribution in [2.45, 2.75) is 45.3 Å². The topological polar surface area (TPSA) is 81.7 Å². The van der Waals surface area contributed by atoms with Crippen molar-refractivity contribution >= 4 is 17.8 Å². The maximum atomic E-state index is 13.1. The molecule has 132 valence electrons. The maximum absolute atomic E-state index is 13.1. The van der Waals surface area contributed by atoms with Gasteiger partial charge in [0.2, 0.25) is 0 Å². The largest absolute Gasteiger partial charge is 0.469 e. The highest BCUT2D eigenvalue weighted by atomic mass is 19.1. The summed E-state index contributed by atoms with van der Waals surface area (Å²) in [7, 11) is 1.23. The van der Waals surface area contributed by atoms with Crippen molar-refractivity contribution in [1.82, 2.24) is 5.32 Å². The van der Waals surface area contributed by atoms with E-state index in [0.717, 1.165) is 0 Å². The summed E-state index contributed by atoms with van der Waals surface area (Å²) in [5.74, 6) is -1.40. The molecule has 1 N–H and O–H groups in total. The van der Waals surface area contributed by atoms with Crippen LogP contribution in [0.2, 0.25) is 0 Å². The molecule has 1 atom stereocenters. The van der Waals surface area contributed by atoms with Crippen molar-refractivity contribution in [3.63, 3.8) is 0 Å². The molecule has 0 aliphatic heterocycles. The van der Waals surface area contributed by atoms with Crippen LogP contribution in [0.3, 0.4) is 0 Å². The maximum Gasteiger partial charge on any atom is 0.408 e. The monoisotopic (exact) mass is 339 g/mol. The molecule has 0 aliphatic rings. The normalized spacial score (nSPS) is 12.2. The first kappa shape index (κ1) is 19.6. The van der Waals surface area contributed by atoms with Gasteiger partial charge >= 0.3 is 12.1 Å². The molecule has 6 nitrogen and oxygen atoms in total. The third-order valence-electron chi connectivity index (χ3n) is 2.99. The fraction of sp³-hybridized carbons (Fsp3) is 0.471. The Balaban J connectivity index is 2.90. The van der Waals surface area contributed by atoms with Crippen LogP contribution in [0.1, 0.15) is 45.2 Å². The van der Waals surface area contributed by atoms with Gasteiger partial charge in [-0.05, 0) is 38.5 Å². The number of carbonyl (C=O) groups excluding carboxylic acids is 3. The lowest BCUT2D eigenvalue weighted by atomic mass is 9.99. The smallest absolute Gasteiger partial charge is 0.408 e. The van der Waals surface area contributed by atoms with Gasteiger partial charge < -0.3 is 14.8 Å². The SMILES string of the molecule is COC(=O)CCC(=O)[C@H](NC(=O)OC(C)(C)C)c1ccc(F)cc1. The van der Waals surface area contributed by atoms with E-state index in [9.17, 15) is 18.8 Å². The van der Waals surface area contributed by atoms with Crippen molar-refractivity contribution < 1.29 is 28.2 Å². The standard InChI is InChI=1S/C17H22FNO5/c1-17(2,3)24-16(22)19-15(11-5-7-12(18)8-6-11)13(20)9-10-14(21)23-4/h5-8,15H,9-10H2,1-4H3,(H,19,22)/t15-/m1/s1. The van der Waals surface area contributed by atoms with Crippen LogP contribution in [0.15, 0.2) is 24.3 Å². The number of alkyl carbamates (subject to hydrolysis) is 1. The zero-order valence-electron chi connectivity index (χ0n) is 14.2. The predicted molar refractivity (Wildman–Crippen MR) is 84.8 cm³/mol. The lowest BCUT2D eigenvalue weighted by Crippen LogP contribution is -2.38. The number of rotatable bonds is 6. The van der Waals surface area contributed by atoms with Crippen molar-refractivity contribution in [3.8, 4) is 0 Å². The Kier molecular flexibility index (Phi) is 6.88. The number of carbonyl (C=O) groups is 3. The highest BCUT2D eigenvalue weighted by Gasteiger charge is 2.26. The molecule has 0 spiro atoms. The van der Waals surface area contributed by atoms with Crippen LogP contribution in [0.5, 0.6) is 0 Å². The lowest BCUT2D eigenvalue weighted by Gasteiger charge is -2.23. The van der Waals surface area contributed by atoms with Gasteiger partial charge in [0, 0.05) is 6.42 Å². The van der Waals surface area contributed by atoms with Crippen LogP contribution < -0.4 is 5.32 Å². The molecule has 1 rings (SSSR count). The van der Waals surface area contributed by atoms with Gasteiger partial charge in [-0.1, -0.05) is 12.1 Å². The zero-order chi connectivity index (χ0) is 18.3. The van der Waals surface area contributed by atoms with Crippen LogP contribution in [0, 0.1) is 5.82 Å². The number of benzene rings is 1. The summed E-state index contributed by atoms with van der Waals surface area (Å²) in [6.45, 7) is 5.08. The third-order valence-corrected chi connectivity index (χ3v) is 2.99. The summed E-state index contributed by atoms with van der Waals surface area (Å²) < 4.78 is 22.7. The molecule has 0 saturated heterocycles. The van der Waals surface area contributed by atoms with Gasteiger partial charge in [-0.25, -0.2) is 9.18 Å². The summed E-state index contributed by atoms with van der Waals surface area (Å²) in [6, 6.07) is 4.13. The molecule has 24 heavy (non-hydrogen) atoms. The number of ketones is 1. The second-order valence-corrected chi connectivity index (χ2v) is 6.17. The first-order valence-electron chi connectivity index (χ1n) is 7.47. The Labute approximate surface area is 140 Å². The average molecular weight is 339 g/mol. The number of nitrogens with one attached hydrogen (secondary N) is 1. The average Bonchev–Trinajstić information content (AvgIpc) is 2.49. The minimum absolute atomic E-state index is 0.108. The molecule has 1 aromatic carbocycles. The molecular weight excluding hydrogens is 317 g/mol. The van der Waals surface area contributed by atoms with Crippen LogP contribution in [-0.2, 0) is 19.1 Å². The van der Waals surface area contributed by atoms with E-state index in [-0.39, 0.29) is 12.8 Å². The molecule has 0 aliphatic carbocycles. The van der Waals surface area contributed by atoms with Crippen molar-refractivity contribution in [3.05, 3.63) is 35.6 Å². The Morgan fingerprint density at radius 3 is 2.21 bits per heavy atom. The summed E-state index contributed by atoms with van der Waals surface area (Å²) >= 11 is 0. The number of methoxy groups -OCH3 is 1. The molecule has 0 saturated carbocycles. The van der Waals surface area contributed by atoms with Crippen LogP contribution >= 0.6 is 0 Å². The number of ether oxygens (including phenoxy) is 2. The van der Waals surface area contributed by atoms with Gasteiger partial charge in [0.05, 0.1) is 13.5 Å². The summed E-state index contributed by atoms with van der Waals surface area (Å²) in [5, 5.41) is 2.47. The van der Waals surface area contributed by atoms with E-state index in [1.807, 2.05) is 0 Å². The van der Waals surface area contributed by atoms with E-state index >= 15 is 0 Å². The van der Waals surface area contributed by atoms with Gasteiger partial charge in [-0.3, -0.25) is 9.59 Å². The Bertz CT molecular complexity index is 592. The molecule has 0 bridgehead atoms. The van der Waals surface area contributed by atoms with Gasteiger partial charge in [-0.15, -0.1) is 0 Å². The Hall–Kier alpha value is -2.44. The van der Waals surface area contributed by atoms with E-state index in [4.69, 9.17) is 4.74 Å². The minimum atomic E-state index is -1.04. The molecular formula is C17H22FNO5. The van der Waals surface area contributed by atoms with Crippen LogP contribution in [0.25, 0.3) is 0 Å². The number of halogens is 1. The third kappa shape index (κ3) is 6.76. The van der Waals surface area contributed by atoms with E-state index < -0.39 is 35.3 Å². The van der Waals surface area contributed by atoms with Crippen LogP contribution in [-0.4, -0.2) is 30.6 Å². The predicted octanol–water partition coefficient (Wildman–Crippen LogP) is 2.91. The van der Waals surface area contributed by atoms with Gasteiger partial charge in [0.1, 0.15) is 17.5 Å². The first-order valence-corrected chi connectivity index (χ1v) is 7.47. The van der Waals surface area contributed by atoms with E-state index in [2.05, 4.69) is 10.1 Å². The zero-order valence-corrected chi connectivity index (χ0v) is 14.2. The highest BCUT2D eigenvalue weighted by molar-refractivity contribution is 5.90. The summed E-state index contributed by atoms with van der Waals surface area (Å²) in [4.78, 5) is 35.5. The molecule has 0 unspecified atom stereocenters. The highest BCUT2D eigenvalue weighted by Crippen LogP contribution is 2.18. The fourth-order valence-electron chi connectivity index (χ4n) is 1.90. The molecule has 0 radical (unpaired) electrons.